The van der Waals surface area contributed by atoms with Crippen LogP contribution in [0, 0.1) is 0 Å². The van der Waals surface area contributed by atoms with E-state index in [9.17, 15) is 8.42 Å². The van der Waals surface area contributed by atoms with E-state index in [4.69, 9.17) is 15.2 Å². The van der Waals surface area contributed by atoms with E-state index in [0.29, 0.717) is 23.8 Å². The number of sulfonamides is 1. The number of nitrogens with one attached hydrogen (secondary N) is 1. The van der Waals surface area contributed by atoms with Crippen molar-refractivity contribution in [3.05, 3.63) is 48.0 Å². The van der Waals surface area contributed by atoms with E-state index in [1.807, 2.05) is 6.07 Å². The molecule has 2 aromatic rings. The molecular formula is C19H26N2O4S. The Morgan fingerprint density at radius 1 is 1.04 bits per heavy atom. The van der Waals surface area contributed by atoms with E-state index in [1.165, 1.54) is 12.1 Å². The molecule has 0 heterocycles. The molecule has 0 unspecified atom stereocenters. The highest BCUT2D eigenvalue weighted by molar-refractivity contribution is 7.89. The second-order valence-electron chi connectivity index (χ2n) is 5.93. The van der Waals surface area contributed by atoms with Gasteiger partial charge in [0.1, 0.15) is 0 Å². The average molecular weight is 378 g/mol. The third-order valence-corrected chi connectivity index (χ3v) is 5.31. The molecule has 0 aliphatic rings. The fraction of sp³-hybridized carbons (Fsp3) is 0.368. The molecule has 7 heteroatoms. The van der Waals surface area contributed by atoms with Crippen LogP contribution in [0.2, 0.25) is 0 Å². The lowest BCUT2D eigenvalue weighted by Gasteiger charge is -2.13. The van der Waals surface area contributed by atoms with Gasteiger partial charge in [0, 0.05) is 12.2 Å². The van der Waals surface area contributed by atoms with Crippen molar-refractivity contribution >= 4 is 15.7 Å². The first-order valence-electron chi connectivity index (χ1n) is 8.61. The Bertz CT molecular complexity index is 805. The zero-order valence-electron chi connectivity index (χ0n) is 15.2. The van der Waals surface area contributed by atoms with Crippen molar-refractivity contribution in [3.63, 3.8) is 0 Å². The second-order valence-corrected chi connectivity index (χ2v) is 7.70. The van der Waals surface area contributed by atoms with Crippen LogP contribution in [0.4, 0.5) is 5.69 Å². The van der Waals surface area contributed by atoms with Gasteiger partial charge in [-0.2, -0.15) is 0 Å². The number of rotatable bonds is 10. The van der Waals surface area contributed by atoms with Gasteiger partial charge < -0.3 is 15.2 Å². The Morgan fingerprint density at radius 2 is 1.77 bits per heavy atom. The summed E-state index contributed by atoms with van der Waals surface area (Å²) in [7, 11) is -2.02. The molecule has 0 aliphatic carbocycles. The zero-order chi connectivity index (χ0) is 19.0. The summed E-state index contributed by atoms with van der Waals surface area (Å²) >= 11 is 0. The molecule has 0 saturated heterocycles. The lowest BCUT2D eigenvalue weighted by Crippen LogP contribution is -2.23. The minimum Gasteiger partial charge on any atom is -0.493 e. The lowest BCUT2D eigenvalue weighted by molar-refractivity contribution is 0.285. The van der Waals surface area contributed by atoms with Crippen molar-refractivity contribution in [2.45, 2.75) is 37.6 Å². The molecule has 0 aromatic heterocycles. The van der Waals surface area contributed by atoms with E-state index in [0.717, 1.165) is 24.8 Å². The summed E-state index contributed by atoms with van der Waals surface area (Å²) in [6, 6.07) is 11.5. The highest BCUT2D eigenvalue weighted by Gasteiger charge is 2.14. The first-order chi connectivity index (χ1) is 12.5. The topological polar surface area (TPSA) is 90.7 Å². The van der Waals surface area contributed by atoms with Crippen molar-refractivity contribution < 1.29 is 17.9 Å². The normalized spacial score (nSPS) is 11.3. The number of hydrogen-bond donors (Lipinski definition) is 2. The van der Waals surface area contributed by atoms with Crippen LogP contribution in [-0.2, 0) is 16.6 Å². The van der Waals surface area contributed by atoms with E-state index in [2.05, 4.69) is 11.6 Å². The molecule has 0 spiro atoms. The first-order valence-corrected chi connectivity index (χ1v) is 10.1. The number of methoxy groups -OCH3 is 1. The Kier molecular flexibility index (Phi) is 7.29. The maximum Gasteiger partial charge on any atom is 0.240 e. The number of anilines is 1. The van der Waals surface area contributed by atoms with Crippen LogP contribution in [0.25, 0.3) is 0 Å². The summed E-state index contributed by atoms with van der Waals surface area (Å²) in [6.07, 6.45) is 3.19. The van der Waals surface area contributed by atoms with Crippen LogP contribution in [0.15, 0.2) is 47.4 Å². The summed E-state index contributed by atoms with van der Waals surface area (Å²) in [5, 5.41) is 0. The van der Waals surface area contributed by atoms with Gasteiger partial charge in [0.25, 0.3) is 0 Å². The maximum atomic E-state index is 12.4. The summed E-state index contributed by atoms with van der Waals surface area (Å²) in [6.45, 7) is 2.89. The average Bonchev–Trinajstić information content (AvgIpc) is 2.64. The van der Waals surface area contributed by atoms with Crippen LogP contribution in [0.3, 0.4) is 0 Å². The molecule has 2 aromatic carbocycles. The molecule has 0 radical (unpaired) electrons. The number of nitrogens with two attached hydrogens (primary N) is 1. The highest BCUT2D eigenvalue weighted by Crippen LogP contribution is 2.28. The van der Waals surface area contributed by atoms with Crippen molar-refractivity contribution in [1.29, 1.82) is 0 Å². The Balaban J connectivity index is 2.05. The van der Waals surface area contributed by atoms with Gasteiger partial charge in [0.2, 0.25) is 10.0 Å². The number of ether oxygens (including phenoxy) is 2. The minimum absolute atomic E-state index is 0.155. The SMILES string of the molecule is CCCCCOc1cc(CNS(=O)(=O)c2ccc(N)cc2)ccc1OC. The molecule has 6 nitrogen and oxygen atoms in total. The molecule has 3 N–H and O–H groups in total. The fourth-order valence-corrected chi connectivity index (χ4v) is 3.40. The quantitative estimate of drug-likeness (QED) is 0.489. The van der Waals surface area contributed by atoms with Gasteiger partial charge >= 0.3 is 0 Å². The molecule has 0 atom stereocenters. The number of hydrogen-bond acceptors (Lipinski definition) is 5. The molecule has 0 amide bonds. The predicted octanol–water partition coefficient (Wildman–Crippen LogP) is 3.32. The number of benzene rings is 2. The molecule has 0 fully saturated rings. The zero-order valence-corrected chi connectivity index (χ0v) is 16.0. The monoisotopic (exact) mass is 378 g/mol. The predicted molar refractivity (Wildman–Crippen MR) is 103 cm³/mol. The lowest BCUT2D eigenvalue weighted by atomic mass is 10.2. The molecular weight excluding hydrogens is 352 g/mol. The second kappa shape index (κ2) is 9.45. The van der Waals surface area contributed by atoms with Crippen LogP contribution < -0.4 is 19.9 Å². The maximum absolute atomic E-state index is 12.4. The smallest absolute Gasteiger partial charge is 0.240 e. The van der Waals surface area contributed by atoms with E-state index in [1.54, 1.807) is 31.4 Å². The van der Waals surface area contributed by atoms with E-state index < -0.39 is 10.0 Å². The number of unbranched alkanes of at least 4 members (excludes halogenated alkanes) is 2. The summed E-state index contributed by atoms with van der Waals surface area (Å²) in [5.74, 6) is 1.25. The summed E-state index contributed by atoms with van der Waals surface area (Å²) in [4.78, 5) is 0.177. The van der Waals surface area contributed by atoms with Crippen LogP contribution >= 0.6 is 0 Å². The molecule has 0 bridgehead atoms. The molecule has 0 saturated carbocycles. The Morgan fingerprint density at radius 3 is 2.42 bits per heavy atom. The van der Waals surface area contributed by atoms with Crippen molar-refractivity contribution in [3.8, 4) is 11.5 Å². The minimum atomic E-state index is -3.61. The van der Waals surface area contributed by atoms with Gasteiger partial charge in [-0.15, -0.1) is 0 Å². The third-order valence-electron chi connectivity index (χ3n) is 3.89. The molecule has 26 heavy (non-hydrogen) atoms. The van der Waals surface area contributed by atoms with Crippen molar-refractivity contribution in [2.24, 2.45) is 0 Å². The number of nitrogen functional groups attached to an aromatic ring is 1. The van der Waals surface area contributed by atoms with Gasteiger partial charge in [-0.1, -0.05) is 25.8 Å². The summed E-state index contributed by atoms with van der Waals surface area (Å²) in [5.41, 5.74) is 6.90. The highest BCUT2D eigenvalue weighted by atomic mass is 32.2. The van der Waals surface area contributed by atoms with Crippen molar-refractivity contribution in [1.82, 2.24) is 4.72 Å². The van der Waals surface area contributed by atoms with Crippen LogP contribution in [-0.4, -0.2) is 22.1 Å². The largest absolute Gasteiger partial charge is 0.493 e. The Labute approximate surface area is 155 Å². The standard InChI is InChI=1S/C19H26N2O4S/c1-3-4-5-12-25-19-13-15(6-11-18(19)24-2)14-21-26(22,23)17-9-7-16(20)8-10-17/h6-11,13,21H,3-5,12,14,20H2,1-2H3. The van der Waals surface area contributed by atoms with Gasteiger partial charge in [0.15, 0.2) is 11.5 Å². The molecule has 2 rings (SSSR count). The molecule has 0 aliphatic heterocycles. The van der Waals surface area contributed by atoms with Crippen molar-refractivity contribution in [2.75, 3.05) is 19.5 Å². The van der Waals surface area contributed by atoms with Crippen LogP contribution in [0.1, 0.15) is 31.7 Å². The fourth-order valence-electron chi connectivity index (χ4n) is 2.39. The van der Waals surface area contributed by atoms with Gasteiger partial charge in [-0.05, 0) is 48.4 Å². The van der Waals surface area contributed by atoms with Gasteiger partial charge in [-0.25, -0.2) is 13.1 Å². The molecule has 142 valence electrons. The van der Waals surface area contributed by atoms with Crippen LogP contribution in [0.5, 0.6) is 11.5 Å². The summed E-state index contributed by atoms with van der Waals surface area (Å²) < 4.78 is 38.4. The Hall–Kier alpha value is -2.25. The van der Waals surface area contributed by atoms with E-state index >= 15 is 0 Å². The van der Waals surface area contributed by atoms with Gasteiger partial charge in [0.05, 0.1) is 18.6 Å². The first kappa shape index (κ1) is 20.1. The van der Waals surface area contributed by atoms with E-state index in [-0.39, 0.29) is 11.4 Å². The van der Waals surface area contributed by atoms with Gasteiger partial charge in [-0.3, -0.25) is 0 Å². The third kappa shape index (κ3) is 5.64.